The van der Waals surface area contributed by atoms with Crippen LogP contribution in [0, 0.1) is 0 Å². The van der Waals surface area contributed by atoms with E-state index in [1.54, 1.807) is 0 Å². The van der Waals surface area contributed by atoms with Crippen molar-refractivity contribution >= 4 is 0 Å². The highest BCUT2D eigenvalue weighted by atomic mass is 16.5. The highest BCUT2D eigenvalue weighted by Crippen LogP contribution is 2.16. The Morgan fingerprint density at radius 3 is 1.26 bits per heavy atom. The van der Waals surface area contributed by atoms with Crippen LogP contribution < -0.4 is 0 Å². The Hall–Kier alpha value is -0.0400. The van der Waals surface area contributed by atoms with Crippen LogP contribution in [0.1, 0.15) is 156 Å². The summed E-state index contributed by atoms with van der Waals surface area (Å²) >= 11 is 0. The summed E-state index contributed by atoms with van der Waals surface area (Å²) in [7, 11) is 0. The Morgan fingerprint density at radius 1 is 0.407 bits per heavy atom. The third-order valence-electron chi connectivity index (χ3n) is 5.84. The topological polar surface area (TPSA) is 9.23 Å². The van der Waals surface area contributed by atoms with Gasteiger partial charge in [-0.25, -0.2) is 0 Å². The van der Waals surface area contributed by atoms with Gasteiger partial charge in [0.1, 0.15) is 0 Å². The summed E-state index contributed by atoms with van der Waals surface area (Å²) < 4.78 is 6.21. The minimum Gasteiger partial charge on any atom is -0.378 e. The molecule has 0 rings (SSSR count). The molecule has 0 fully saturated rings. The molecule has 0 N–H and O–H groups in total. The van der Waals surface area contributed by atoms with Crippen molar-refractivity contribution in [2.24, 2.45) is 0 Å². The SMILES string of the molecule is CCCCCCCCCCCCCOC(CCC)CCCCCCCCC. The second-order valence-electron chi connectivity index (χ2n) is 8.73. The smallest absolute Gasteiger partial charge is 0.0575 e. The lowest BCUT2D eigenvalue weighted by molar-refractivity contribution is 0.0370. The van der Waals surface area contributed by atoms with E-state index in [9.17, 15) is 0 Å². The van der Waals surface area contributed by atoms with Crippen molar-refractivity contribution in [2.45, 2.75) is 162 Å². The Kier molecular flexibility index (Phi) is 24.0. The van der Waals surface area contributed by atoms with Gasteiger partial charge in [0.05, 0.1) is 6.10 Å². The van der Waals surface area contributed by atoms with Gasteiger partial charge in [-0.2, -0.15) is 0 Å². The number of rotatable bonds is 23. The quantitative estimate of drug-likeness (QED) is 0.160. The molecular weight excluding hydrogens is 328 g/mol. The molecular formula is C26H54O. The average molecular weight is 383 g/mol. The minimum atomic E-state index is 0.536. The summed E-state index contributed by atoms with van der Waals surface area (Å²) in [6.07, 6.45) is 29.7. The van der Waals surface area contributed by atoms with Crippen LogP contribution in [0.25, 0.3) is 0 Å². The van der Waals surface area contributed by atoms with Gasteiger partial charge < -0.3 is 4.74 Å². The zero-order chi connectivity index (χ0) is 19.8. The molecule has 0 bridgehead atoms. The third-order valence-corrected chi connectivity index (χ3v) is 5.84. The van der Waals surface area contributed by atoms with Crippen LogP contribution in [0.5, 0.6) is 0 Å². The first kappa shape index (κ1) is 27.0. The van der Waals surface area contributed by atoms with Gasteiger partial charge in [0.15, 0.2) is 0 Å². The maximum absolute atomic E-state index is 6.21. The Bertz CT molecular complexity index is 251. The van der Waals surface area contributed by atoms with Crippen LogP contribution in [0.3, 0.4) is 0 Å². The molecule has 0 radical (unpaired) electrons. The number of hydrogen-bond acceptors (Lipinski definition) is 1. The van der Waals surface area contributed by atoms with Crippen LogP contribution in [-0.4, -0.2) is 12.7 Å². The van der Waals surface area contributed by atoms with E-state index in [2.05, 4.69) is 20.8 Å². The lowest BCUT2D eigenvalue weighted by atomic mass is 10.0. The highest BCUT2D eigenvalue weighted by molar-refractivity contribution is 4.59. The van der Waals surface area contributed by atoms with Crippen molar-refractivity contribution in [2.75, 3.05) is 6.61 Å². The molecule has 0 saturated carbocycles. The van der Waals surface area contributed by atoms with E-state index in [4.69, 9.17) is 4.74 Å². The van der Waals surface area contributed by atoms with Gasteiger partial charge in [0, 0.05) is 6.61 Å². The van der Waals surface area contributed by atoms with E-state index in [0.29, 0.717) is 6.10 Å². The van der Waals surface area contributed by atoms with Crippen molar-refractivity contribution in [3.8, 4) is 0 Å². The maximum Gasteiger partial charge on any atom is 0.0575 e. The van der Waals surface area contributed by atoms with Gasteiger partial charge >= 0.3 is 0 Å². The van der Waals surface area contributed by atoms with Crippen LogP contribution in [-0.2, 0) is 4.74 Å². The molecule has 1 unspecified atom stereocenters. The summed E-state index contributed by atoms with van der Waals surface area (Å²) in [5.41, 5.74) is 0. The fraction of sp³-hybridized carbons (Fsp3) is 1.00. The van der Waals surface area contributed by atoms with E-state index < -0.39 is 0 Å². The first-order valence-corrected chi connectivity index (χ1v) is 13.0. The molecule has 0 aliphatic heterocycles. The molecule has 1 nitrogen and oxygen atoms in total. The molecule has 0 aliphatic carbocycles. The summed E-state index contributed by atoms with van der Waals surface area (Å²) in [5.74, 6) is 0. The Labute approximate surface area is 173 Å². The van der Waals surface area contributed by atoms with E-state index in [-0.39, 0.29) is 0 Å². The molecule has 0 aromatic carbocycles. The van der Waals surface area contributed by atoms with Crippen molar-refractivity contribution in [1.82, 2.24) is 0 Å². The van der Waals surface area contributed by atoms with E-state index in [0.717, 1.165) is 6.61 Å². The van der Waals surface area contributed by atoms with Crippen molar-refractivity contribution in [1.29, 1.82) is 0 Å². The molecule has 1 heteroatoms. The summed E-state index contributed by atoms with van der Waals surface area (Å²) in [4.78, 5) is 0. The molecule has 1 atom stereocenters. The van der Waals surface area contributed by atoms with Crippen LogP contribution >= 0.6 is 0 Å². The number of hydrogen-bond donors (Lipinski definition) is 0. The first-order valence-electron chi connectivity index (χ1n) is 13.0. The molecule has 0 spiro atoms. The summed E-state index contributed by atoms with van der Waals surface area (Å²) in [6, 6.07) is 0. The normalized spacial score (nSPS) is 12.6. The second-order valence-corrected chi connectivity index (χ2v) is 8.73. The molecule has 0 heterocycles. The van der Waals surface area contributed by atoms with Gasteiger partial charge in [-0.15, -0.1) is 0 Å². The van der Waals surface area contributed by atoms with E-state index in [1.807, 2.05) is 0 Å². The number of unbranched alkanes of at least 4 members (excludes halogenated alkanes) is 16. The van der Waals surface area contributed by atoms with Crippen molar-refractivity contribution in [3.05, 3.63) is 0 Å². The molecule has 0 aromatic rings. The molecule has 0 aliphatic rings. The predicted octanol–water partition coefficient (Wildman–Crippen LogP) is 9.62. The standard InChI is InChI=1S/C26H54O/c1-4-7-9-11-13-14-15-16-18-20-22-25-27-26(23-6-3)24-21-19-17-12-10-8-5-2/h26H,4-25H2,1-3H3. The lowest BCUT2D eigenvalue weighted by Gasteiger charge is -2.17. The van der Waals surface area contributed by atoms with E-state index >= 15 is 0 Å². The molecule has 164 valence electrons. The van der Waals surface area contributed by atoms with Gasteiger partial charge in [0.25, 0.3) is 0 Å². The zero-order valence-corrected chi connectivity index (χ0v) is 19.5. The predicted molar refractivity (Wildman–Crippen MR) is 124 cm³/mol. The third kappa shape index (κ3) is 22.1. The van der Waals surface area contributed by atoms with Gasteiger partial charge in [0.2, 0.25) is 0 Å². The highest BCUT2D eigenvalue weighted by Gasteiger charge is 2.07. The molecule has 27 heavy (non-hydrogen) atoms. The molecule has 0 saturated heterocycles. The largest absolute Gasteiger partial charge is 0.378 e. The Morgan fingerprint density at radius 2 is 0.815 bits per heavy atom. The fourth-order valence-corrected chi connectivity index (χ4v) is 3.98. The molecule has 0 amide bonds. The first-order chi connectivity index (χ1) is 13.3. The maximum atomic E-state index is 6.21. The summed E-state index contributed by atoms with van der Waals surface area (Å²) in [5, 5.41) is 0. The lowest BCUT2D eigenvalue weighted by Crippen LogP contribution is -2.13. The molecule has 0 aromatic heterocycles. The van der Waals surface area contributed by atoms with E-state index in [1.165, 1.54) is 135 Å². The number of ether oxygens (including phenoxy) is 1. The van der Waals surface area contributed by atoms with Gasteiger partial charge in [-0.1, -0.05) is 136 Å². The van der Waals surface area contributed by atoms with Gasteiger partial charge in [-0.3, -0.25) is 0 Å². The fourth-order valence-electron chi connectivity index (χ4n) is 3.98. The van der Waals surface area contributed by atoms with Crippen LogP contribution in [0.4, 0.5) is 0 Å². The second kappa shape index (κ2) is 24.0. The van der Waals surface area contributed by atoms with Crippen molar-refractivity contribution < 1.29 is 4.74 Å². The summed E-state index contributed by atoms with van der Waals surface area (Å²) in [6.45, 7) is 7.88. The minimum absolute atomic E-state index is 0.536. The zero-order valence-electron chi connectivity index (χ0n) is 19.5. The average Bonchev–Trinajstić information content (AvgIpc) is 2.68. The van der Waals surface area contributed by atoms with Crippen LogP contribution in [0.15, 0.2) is 0 Å². The van der Waals surface area contributed by atoms with Crippen molar-refractivity contribution in [3.63, 3.8) is 0 Å². The Balaban J connectivity index is 3.38. The van der Waals surface area contributed by atoms with Gasteiger partial charge in [-0.05, 0) is 19.3 Å². The van der Waals surface area contributed by atoms with Crippen LogP contribution in [0.2, 0.25) is 0 Å². The monoisotopic (exact) mass is 382 g/mol.